The van der Waals surface area contributed by atoms with Crippen molar-refractivity contribution in [2.75, 3.05) is 0 Å². The number of rotatable bonds is 2. The number of hydrogen-bond acceptors (Lipinski definition) is 3. The zero-order chi connectivity index (χ0) is 11.2. The number of nitrogens with zero attached hydrogens (tertiary/aromatic N) is 2. The third kappa shape index (κ3) is 2.99. The number of hydrogen-bond donors (Lipinski definition) is 0. The lowest BCUT2D eigenvalue weighted by Gasteiger charge is -1.86. The third-order valence-electron chi connectivity index (χ3n) is 1.69. The molecule has 0 N–H and O–H groups in total. The topological polar surface area (TPSA) is 51.0 Å². The summed E-state index contributed by atoms with van der Waals surface area (Å²) in [5.41, 5.74) is 0. The SMILES string of the molecule is S=C(N=Cc1ccco1)N=Cc1ccco1. The monoisotopic (exact) mass is 232 g/mol. The molecule has 5 heteroatoms. The van der Waals surface area contributed by atoms with Crippen LogP contribution in [0.2, 0.25) is 0 Å². The van der Waals surface area contributed by atoms with E-state index in [0.29, 0.717) is 11.5 Å². The smallest absolute Gasteiger partial charge is 0.219 e. The van der Waals surface area contributed by atoms with E-state index in [1.165, 1.54) is 12.4 Å². The lowest BCUT2D eigenvalue weighted by molar-refractivity contribution is 0.560. The van der Waals surface area contributed by atoms with Crippen molar-refractivity contribution < 1.29 is 8.83 Å². The second-order valence-corrected chi connectivity index (χ2v) is 3.19. The molecule has 0 radical (unpaired) electrons. The van der Waals surface area contributed by atoms with Crippen LogP contribution in [-0.2, 0) is 0 Å². The minimum atomic E-state index is 0.216. The highest BCUT2D eigenvalue weighted by molar-refractivity contribution is 7.80. The van der Waals surface area contributed by atoms with Gasteiger partial charge in [0, 0.05) is 0 Å². The van der Waals surface area contributed by atoms with Crippen molar-refractivity contribution >= 4 is 29.8 Å². The fourth-order valence-electron chi connectivity index (χ4n) is 1.00. The lowest BCUT2D eigenvalue weighted by Crippen LogP contribution is -1.87. The van der Waals surface area contributed by atoms with Crippen LogP contribution in [0.25, 0.3) is 0 Å². The summed E-state index contributed by atoms with van der Waals surface area (Å²) in [6.07, 6.45) is 6.16. The van der Waals surface area contributed by atoms with E-state index in [4.69, 9.17) is 21.1 Å². The number of furan rings is 2. The zero-order valence-corrected chi connectivity index (χ0v) is 9.05. The Bertz CT molecular complexity index is 452. The summed E-state index contributed by atoms with van der Waals surface area (Å²) in [6.45, 7) is 0. The van der Waals surface area contributed by atoms with E-state index in [9.17, 15) is 0 Å². The fourth-order valence-corrected chi connectivity index (χ4v) is 1.11. The van der Waals surface area contributed by atoms with Gasteiger partial charge < -0.3 is 8.83 Å². The minimum absolute atomic E-state index is 0.216. The van der Waals surface area contributed by atoms with E-state index in [0.717, 1.165) is 0 Å². The Hall–Kier alpha value is -2.01. The van der Waals surface area contributed by atoms with Crippen LogP contribution in [0.5, 0.6) is 0 Å². The van der Waals surface area contributed by atoms with Crippen molar-refractivity contribution in [1.82, 2.24) is 0 Å². The van der Waals surface area contributed by atoms with E-state index in [1.807, 2.05) is 0 Å². The van der Waals surface area contributed by atoms with Crippen LogP contribution in [-0.4, -0.2) is 17.5 Å². The van der Waals surface area contributed by atoms with Crippen LogP contribution in [0.15, 0.2) is 55.6 Å². The maximum absolute atomic E-state index is 5.05. The van der Waals surface area contributed by atoms with Crippen LogP contribution < -0.4 is 0 Å². The van der Waals surface area contributed by atoms with Crippen molar-refractivity contribution in [2.24, 2.45) is 9.98 Å². The van der Waals surface area contributed by atoms with Gasteiger partial charge in [0.15, 0.2) is 0 Å². The molecule has 0 saturated carbocycles. The second-order valence-electron chi connectivity index (χ2n) is 2.83. The quantitative estimate of drug-likeness (QED) is 0.591. The molecule has 0 atom stereocenters. The summed E-state index contributed by atoms with van der Waals surface area (Å²) in [5, 5.41) is 0.216. The van der Waals surface area contributed by atoms with Gasteiger partial charge in [0.05, 0.1) is 25.0 Å². The predicted molar refractivity (Wildman–Crippen MR) is 65.2 cm³/mol. The average Bonchev–Trinajstić information content (AvgIpc) is 2.96. The molecule has 2 aromatic rings. The minimum Gasteiger partial charge on any atom is -0.463 e. The summed E-state index contributed by atoms with van der Waals surface area (Å²) in [5.74, 6) is 1.27. The first kappa shape index (κ1) is 10.5. The van der Waals surface area contributed by atoms with Gasteiger partial charge >= 0.3 is 0 Å². The van der Waals surface area contributed by atoms with Crippen LogP contribution in [0.4, 0.5) is 0 Å². The molecule has 0 fully saturated rings. The third-order valence-corrected chi connectivity index (χ3v) is 1.90. The van der Waals surface area contributed by atoms with E-state index < -0.39 is 0 Å². The molecular formula is C11H8N2O2S. The van der Waals surface area contributed by atoms with Crippen molar-refractivity contribution in [3.63, 3.8) is 0 Å². The number of aliphatic imine (C=N–C) groups is 2. The average molecular weight is 232 g/mol. The Kier molecular flexibility index (Phi) is 3.40. The molecule has 80 valence electrons. The fraction of sp³-hybridized carbons (Fsp3) is 0. The summed E-state index contributed by atoms with van der Waals surface area (Å²) in [4.78, 5) is 7.88. The molecule has 0 aliphatic carbocycles. The molecule has 2 heterocycles. The first-order chi connectivity index (χ1) is 7.84. The highest BCUT2D eigenvalue weighted by Crippen LogP contribution is 1.98. The largest absolute Gasteiger partial charge is 0.463 e. The van der Waals surface area contributed by atoms with Gasteiger partial charge in [-0.15, -0.1) is 0 Å². The van der Waals surface area contributed by atoms with E-state index in [1.54, 1.807) is 36.8 Å². The van der Waals surface area contributed by atoms with Gasteiger partial charge in [0.2, 0.25) is 5.11 Å². The molecule has 0 unspecified atom stereocenters. The van der Waals surface area contributed by atoms with Gasteiger partial charge in [0.25, 0.3) is 0 Å². The molecule has 0 bridgehead atoms. The lowest BCUT2D eigenvalue weighted by atomic mass is 10.5. The van der Waals surface area contributed by atoms with Crippen molar-refractivity contribution in [1.29, 1.82) is 0 Å². The summed E-state index contributed by atoms with van der Waals surface area (Å²) >= 11 is 4.92. The number of thiocarbonyl (C=S) groups is 1. The van der Waals surface area contributed by atoms with Crippen LogP contribution in [0, 0.1) is 0 Å². The second kappa shape index (κ2) is 5.18. The Morgan fingerprint density at radius 1 is 1.00 bits per heavy atom. The molecule has 0 saturated heterocycles. The van der Waals surface area contributed by atoms with Gasteiger partial charge in [0.1, 0.15) is 11.5 Å². The van der Waals surface area contributed by atoms with Gasteiger partial charge in [-0.05, 0) is 36.5 Å². The summed E-state index contributed by atoms with van der Waals surface area (Å²) in [6, 6.07) is 7.11. The summed E-state index contributed by atoms with van der Waals surface area (Å²) < 4.78 is 10.1. The standard InChI is InChI=1S/C11H8N2O2S/c16-11(12-7-9-3-1-5-14-9)13-8-10-4-2-6-15-10/h1-8H. The first-order valence-corrected chi connectivity index (χ1v) is 4.94. The van der Waals surface area contributed by atoms with Crippen molar-refractivity contribution in [2.45, 2.75) is 0 Å². The molecule has 0 aliphatic heterocycles. The van der Waals surface area contributed by atoms with Crippen molar-refractivity contribution in [3.05, 3.63) is 48.3 Å². The normalized spacial score (nSPS) is 11.5. The van der Waals surface area contributed by atoms with Gasteiger partial charge in [-0.25, -0.2) is 9.98 Å². The molecule has 0 aliphatic rings. The molecule has 2 rings (SSSR count). The maximum atomic E-state index is 5.05. The molecular weight excluding hydrogens is 224 g/mol. The molecule has 0 amide bonds. The highest BCUT2D eigenvalue weighted by atomic mass is 32.1. The molecule has 0 spiro atoms. The maximum Gasteiger partial charge on any atom is 0.219 e. The van der Waals surface area contributed by atoms with Crippen molar-refractivity contribution in [3.8, 4) is 0 Å². The Balaban J connectivity index is 1.94. The molecule has 0 aromatic carbocycles. The molecule has 16 heavy (non-hydrogen) atoms. The van der Waals surface area contributed by atoms with E-state index >= 15 is 0 Å². The van der Waals surface area contributed by atoms with Gasteiger partial charge in [-0.3, -0.25) is 0 Å². The highest BCUT2D eigenvalue weighted by Gasteiger charge is 1.92. The van der Waals surface area contributed by atoms with Gasteiger partial charge in [-0.1, -0.05) is 0 Å². The van der Waals surface area contributed by atoms with Crippen LogP contribution in [0.3, 0.4) is 0 Å². The summed E-state index contributed by atoms with van der Waals surface area (Å²) in [7, 11) is 0. The van der Waals surface area contributed by atoms with E-state index in [2.05, 4.69) is 9.98 Å². The predicted octanol–water partition coefficient (Wildman–Crippen LogP) is 2.70. The Labute approximate surface area is 97.3 Å². The Morgan fingerprint density at radius 2 is 1.50 bits per heavy atom. The first-order valence-electron chi connectivity index (χ1n) is 4.54. The van der Waals surface area contributed by atoms with Gasteiger partial charge in [-0.2, -0.15) is 0 Å². The van der Waals surface area contributed by atoms with Crippen LogP contribution in [0.1, 0.15) is 11.5 Å². The molecule has 2 aromatic heterocycles. The molecule has 4 nitrogen and oxygen atoms in total. The van der Waals surface area contributed by atoms with Crippen LogP contribution >= 0.6 is 12.2 Å². The zero-order valence-electron chi connectivity index (χ0n) is 8.24. The van der Waals surface area contributed by atoms with E-state index in [-0.39, 0.29) is 5.11 Å². The Morgan fingerprint density at radius 3 is 1.88 bits per heavy atom.